The number of aliphatic hydroxyl groups is 2. The van der Waals surface area contributed by atoms with Gasteiger partial charge in [0.25, 0.3) is 0 Å². The molecule has 1 aliphatic rings. The van der Waals surface area contributed by atoms with E-state index in [4.69, 9.17) is 18.9 Å². The molecule has 6 heteroatoms. The molecule has 1 heterocycles. The minimum atomic E-state index is -1.11. The Hall–Kier alpha value is -0.240. The van der Waals surface area contributed by atoms with Crippen molar-refractivity contribution >= 4 is 0 Å². The van der Waals surface area contributed by atoms with Gasteiger partial charge in [-0.3, -0.25) is 0 Å². The summed E-state index contributed by atoms with van der Waals surface area (Å²) in [6.07, 6.45) is 2.65. The van der Waals surface area contributed by atoms with Crippen LogP contribution in [0, 0.1) is 0 Å². The van der Waals surface area contributed by atoms with E-state index >= 15 is 0 Å². The largest absolute Gasteiger partial charge is 0.394 e. The standard InChI is InChI=1S/C18H36O6/c1-4-7-10-21-15-14(13-19)24-18(20)17(23-12-9-6-3)16(15)22-11-8-5-2/h14-20H,4-13H2,1-3H3/t14-,15-,16+,17+,18+/m1/s1. The maximum Gasteiger partial charge on any atom is 0.184 e. The van der Waals surface area contributed by atoms with Gasteiger partial charge in [-0.1, -0.05) is 40.0 Å². The Kier molecular flexibility index (Phi) is 11.8. The van der Waals surface area contributed by atoms with Crippen LogP contribution in [0.1, 0.15) is 59.3 Å². The molecule has 0 bridgehead atoms. The number of unbranched alkanes of at least 4 members (excludes halogenated alkanes) is 3. The highest BCUT2D eigenvalue weighted by molar-refractivity contribution is 4.92. The van der Waals surface area contributed by atoms with E-state index in [1.54, 1.807) is 0 Å². The first kappa shape index (κ1) is 21.8. The minimum absolute atomic E-state index is 0.219. The molecule has 0 unspecified atom stereocenters. The molecule has 0 radical (unpaired) electrons. The summed E-state index contributed by atoms with van der Waals surface area (Å²) in [5.41, 5.74) is 0. The van der Waals surface area contributed by atoms with Crippen molar-refractivity contribution in [2.45, 2.75) is 90.0 Å². The van der Waals surface area contributed by atoms with Crippen LogP contribution in [0.2, 0.25) is 0 Å². The van der Waals surface area contributed by atoms with Gasteiger partial charge < -0.3 is 29.2 Å². The van der Waals surface area contributed by atoms with Crippen LogP contribution in [0.5, 0.6) is 0 Å². The van der Waals surface area contributed by atoms with Crippen molar-refractivity contribution in [3.05, 3.63) is 0 Å². The maximum atomic E-state index is 10.3. The quantitative estimate of drug-likeness (QED) is 0.497. The lowest BCUT2D eigenvalue weighted by Crippen LogP contribution is -2.61. The fourth-order valence-corrected chi connectivity index (χ4v) is 2.70. The second kappa shape index (κ2) is 13.0. The van der Waals surface area contributed by atoms with Gasteiger partial charge in [-0.2, -0.15) is 0 Å². The Labute approximate surface area is 146 Å². The molecular formula is C18H36O6. The highest BCUT2D eigenvalue weighted by Crippen LogP contribution is 2.27. The number of ether oxygens (including phenoxy) is 4. The minimum Gasteiger partial charge on any atom is -0.394 e. The molecule has 0 aromatic heterocycles. The Bertz CT molecular complexity index is 301. The number of aliphatic hydroxyl groups excluding tert-OH is 2. The van der Waals surface area contributed by atoms with Crippen LogP contribution in [-0.2, 0) is 18.9 Å². The van der Waals surface area contributed by atoms with Gasteiger partial charge in [0.15, 0.2) is 6.29 Å². The molecule has 1 fully saturated rings. The molecule has 1 aliphatic heterocycles. The van der Waals surface area contributed by atoms with Crippen molar-refractivity contribution in [3.63, 3.8) is 0 Å². The smallest absolute Gasteiger partial charge is 0.184 e. The molecule has 144 valence electrons. The fourth-order valence-electron chi connectivity index (χ4n) is 2.70. The predicted octanol–water partition coefficient (Wildman–Crippen LogP) is 2.25. The molecule has 0 amide bonds. The summed E-state index contributed by atoms with van der Waals surface area (Å²) in [6.45, 7) is 7.76. The van der Waals surface area contributed by atoms with E-state index in [-0.39, 0.29) is 6.61 Å². The van der Waals surface area contributed by atoms with Crippen molar-refractivity contribution in [1.82, 2.24) is 0 Å². The lowest BCUT2D eigenvalue weighted by Gasteiger charge is -2.44. The molecule has 0 aromatic rings. The molecule has 0 saturated carbocycles. The van der Waals surface area contributed by atoms with Crippen LogP contribution in [0.15, 0.2) is 0 Å². The Morgan fingerprint density at radius 1 is 0.750 bits per heavy atom. The van der Waals surface area contributed by atoms with Crippen LogP contribution in [0.3, 0.4) is 0 Å². The van der Waals surface area contributed by atoms with Gasteiger partial charge in [-0.05, 0) is 19.3 Å². The molecule has 0 spiro atoms. The van der Waals surface area contributed by atoms with Crippen molar-refractivity contribution in [2.24, 2.45) is 0 Å². The zero-order valence-corrected chi connectivity index (χ0v) is 15.5. The molecule has 6 nitrogen and oxygen atoms in total. The second-order valence-corrected chi connectivity index (χ2v) is 6.31. The molecule has 24 heavy (non-hydrogen) atoms. The molecule has 0 aliphatic carbocycles. The SMILES string of the molecule is CCCCO[C@@H]1[C@H](OCCCC)[C@@H](O)O[C@H](CO)[C@H]1OCCCC. The lowest BCUT2D eigenvalue weighted by atomic mass is 9.98. The summed E-state index contributed by atoms with van der Waals surface area (Å²) >= 11 is 0. The predicted molar refractivity (Wildman–Crippen MR) is 91.9 cm³/mol. The van der Waals surface area contributed by atoms with E-state index in [0.717, 1.165) is 38.5 Å². The van der Waals surface area contributed by atoms with Crippen LogP contribution < -0.4 is 0 Å². The monoisotopic (exact) mass is 348 g/mol. The zero-order chi connectivity index (χ0) is 17.8. The average Bonchev–Trinajstić information content (AvgIpc) is 2.58. The summed E-state index contributed by atoms with van der Waals surface area (Å²) in [7, 11) is 0. The first-order chi connectivity index (χ1) is 11.7. The topological polar surface area (TPSA) is 77.4 Å². The molecular weight excluding hydrogens is 312 g/mol. The number of rotatable bonds is 13. The molecule has 5 atom stereocenters. The fraction of sp³-hybridized carbons (Fsp3) is 1.00. The van der Waals surface area contributed by atoms with Gasteiger partial charge in [0.05, 0.1) is 6.61 Å². The van der Waals surface area contributed by atoms with Crippen molar-refractivity contribution in [2.75, 3.05) is 26.4 Å². The summed E-state index contributed by atoms with van der Waals surface area (Å²) in [5, 5.41) is 19.9. The Morgan fingerprint density at radius 2 is 1.21 bits per heavy atom. The van der Waals surface area contributed by atoms with E-state index in [0.29, 0.717) is 19.8 Å². The van der Waals surface area contributed by atoms with Gasteiger partial charge in [-0.25, -0.2) is 0 Å². The third-order valence-corrected chi connectivity index (χ3v) is 4.21. The summed E-state index contributed by atoms with van der Waals surface area (Å²) in [6, 6.07) is 0. The highest BCUT2D eigenvalue weighted by Gasteiger charge is 2.47. The second-order valence-electron chi connectivity index (χ2n) is 6.31. The van der Waals surface area contributed by atoms with Gasteiger partial charge in [0.2, 0.25) is 0 Å². The van der Waals surface area contributed by atoms with Crippen LogP contribution in [0.25, 0.3) is 0 Å². The Balaban J connectivity index is 2.79. The Morgan fingerprint density at radius 3 is 1.67 bits per heavy atom. The summed E-state index contributed by atoms with van der Waals surface area (Å²) in [5.74, 6) is 0. The number of hydrogen-bond donors (Lipinski definition) is 2. The van der Waals surface area contributed by atoms with Gasteiger partial charge >= 0.3 is 0 Å². The van der Waals surface area contributed by atoms with E-state index in [1.807, 2.05) is 0 Å². The van der Waals surface area contributed by atoms with Crippen LogP contribution in [0.4, 0.5) is 0 Å². The van der Waals surface area contributed by atoms with Gasteiger partial charge in [0, 0.05) is 19.8 Å². The number of hydrogen-bond acceptors (Lipinski definition) is 6. The molecule has 2 N–H and O–H groups in total. The van der Waals surface area contributed by atoms with Crippen molar-refractivity contribution in [3.8, 4) is 0 Å². The summed E-state index contributed by atoms with van der Waals surface area (Å²) < 4.78 is 23.3. The average molecular weight is 348 g/mol. The first-order valence-corrected chi connectivity index (χ1v) is 9.48. The third-order valence-electron chi connectivity index (χ3n) is 4.21. The van der Waals surface area contributed by atoms with Crippen molar-refractivity contribution < 1.29 is 29.2 Å². The third kappa shape index (κ3) is 6.94. The normalized spacial score (nSPS) is 30.6. The van der Waals surface area contributed by atoms with E-state index < -0.39 is 30.7 Å². The molecule has 1 rings (SSSR count). The van der Waals surface area contributed by atoms with Crippen LogP contribution >= 0.6 is 0 Å². The summed E-state index contributed by atoms with van der Waals surface area (Å²) in [4.78, 5) is 0. The van der Waals surface area contributed by atoms with Gasteiger partial charge in [-0.15, -0.1) is 0 Å². The zero-order valence-electron chi connectivity index (χ0n) is 15.5. The van der Waals surface area contributed by atoms with Gasteiger partial charge in [0.1, 0.15) is 24.4 Å². The van der Waals surface area contributed by atoms with Crippen molar-refractivity contribution in [1.29, 1.82) is 0 Å². The van der Waals surface area contributed by atoms with E-state index in [2.05, 4.69) is 20.8 Å². The maximum absolute atomic E-state index is 10.3. The highest BCUT2D eigenvalue weighted by atomic mass is 16.7. The van der Waals surface area contributed by atoms with E-state index in [1.165, 1.54) is 0 Å². The van der Waals surface area contributed by atoms with Crippen LogP contribution in [-0.4, -0.2) is 67.3 Å². The van der Waals surface area contributed by atoms with E-state index in [9.17, 15) is 10.2 Å². The first-order valence-electron chi connectivity index (χ1n) is 9.48. The molecule has 0 aromatic carbocycles. The molecule has 1 saturated heterocycles. The lowest BCUT2D eigenvalue weighted by molar-refractivity contribution is -0.310.